The zero-order valence-corrected chi connectivity index (χ0v) is 16.5. The highest BCUT2D eigenvalue weighted by Crippen LogP contribution is 2.27. The molecule has 0 radical (unpaired) electrons. The van der Waals surface area contributed by atoms with Gasteiger partial charge in [-0.25, -0.2) is 0 Å². The summed E-state index contributed by atoms with van der Waals surface area (Å²) in [6.07, 6.45) is 3.89. The Morgan fingerprint density at radius 3 is 2.82 bits per heavy atom. The molecular weight excluding hydrogens is 384 g/mol. The Bertz CT molecular complexity index is 935. The molecule has 0 saturated heterocycles. The van der Waals surface area contributed by atoms with Gasteiger partial charge in [0.05, 0.1) is 36.6 Å². The predicted octanol–water partition coefficient (Wildman–Crippen LogP) is 2.59. The van der Waals surface area contributed by atoms with Crippen LogP contribution in [0.1, 0.15) is 19.8 Å². The fourth-order valence-electron chi connectivity index (χ4n) is 2.45. The first-order valence-electron chi connectivity index (χ1n) is 8.51. The van der Waals surface area contributed by atoms with Gasteiger partial charge < -0.3 is 15.2 Å². The first kappa shape index (κ1) is 21.5. The summed E-state index contributed by atoms with van der Waals surface area (Å²) in [5.74, 6) is 0.512. The number of nitrogens with one attached hydrogen (secondary N) is 2. The van der Waals surface area contributed by atoms with E-state index in [0.29, 0.717) is 35.0 Å². The van der Waals surface area contributed by atoms with E-state index in [1.807, 2.05) is 6.92 Å². The quantitative estimate of drug-likeness (QED) is 0.224. The number of nitrogens with zero attached hydrogens (tertiary/aromatic N) is 1. The van der Waals surface area contributed by atoms with Crippen LogP contribution in [-0.4, -0.2) is 43.9 Å². The first-order valence-corrected chi connectivity index (χ1v) is 10.1. The maximum atomic E-state index is 10.7. The molecule has 0 aromatic heterocycles. The first-order chi connectivity index (χ1) is 13.2. The number of benzene rings is 1. The van der Waals surface area contributed by atoms with Gasteiger partial charge in [0.2, 0.25) is 0 Å². The number of ether oxygens (including phenoxy) is 2. The van der Waals surface area contributed by atoms with Crippen LogP contribution in [0.25, 0.3) is 0 Å². The van der Waals surface area contributed by atoms with Gasteiger partial charge in [-0.3, -0.25) is 15.4 Å². The minimum absolute atomic E-state index is 0.0776. The summed E-state index contributed by atoms with van der Waals surface area (Å²) in [6, 6.07) is 5.18. The van der Waals surface area contributed by atoms with Gasteiger partial charge in [-0.15, -0.1) is 0 Å². The number of nitrogen functional groups attached to an aromatic ring is 1. The van der Waals surface area contributed by atoms with Crippen LogP contribution in [0.3, 0.4) is 0 Å². The van der Waals surface area contributed by atoms with E-state index in [-0.39, 0.29) is 24.5 Å². The smallest absolute Gasteiger partial charge is 0.264 e. The van der Waals surface area contributed by atoms with E-state index in [1.54, 1.807) is 37.5 Å². The average Bonchev–Trinajstić information content (AvgIpc) is 2.75. The topological polar surface area (TPSA) is 147 Å². The van der Waals surface area contributed by atoms with Crippen LogP contribution in [0.5, 0.6) is 5.75 Å². The number of hydrogen-bond donors (Lipinski definition) is 4. The molecule has 152 valence electrons. The summed E-state index contributed by atoms with van der Waals surface area (Å²) >= 11 is 0. The minimum Gasteiger partial charge on any atom is -0.494 e. The largest absolute Gasteiger partial charge is 0.494 e. The van der Waals surface area contributed by atoms with Crippen molar-refractivity contribution >= 4 is 32.9 Å². The molecule has 0 aliphatic heterocycles. The Morgan fingerprint density at radius 2 is 2.14 bits per heavy atom. The fourth-order valence-corrected chi connectivity index (χ4v) is 2.94. The third kappa shape index (κ3) is 6.39. The number of hydrazone groups is 1. The van der Waals surface area contributed by atoms with Crippen LogP contribution in [-0.2, 0) is 14.9 Å². The Balaban J connectivity index is 2.07. The summed E-state index contributed by atoms with van der Waals surface area (Å²) in [5, 5.41) is 12.5. The Hall–Kier alpha value is -2.85. The SMILES string of the molecule is COc1cc(N)ccc1NN=C1CC=C(OCCCS(=O)(=O)O)C(=N)C=C1C. The maximum absolute atomic E-state index is 10.7. The third-order valence-corrected chi connectivity index (χ3v) is 4.71. The summed E-state index contributed by atoms with van der Waals surface area (Å²) in [6.45, 7) is 1.92. The predicted molar refractivity (Wildman–Crippen MR) is 110 cm³/mol. The molecule has 0 saturated carbocycles. The lowest BCUT2D eigenvalue weighted by atomic mass is 10.1. The van der Waals surface area contributed by atoms with E-state index >= 15 is 0 Å². The molecule has 0 heterocycles. The number of allylic oxidation sites excluding steroid dienone is 3. The second-order valence-electron chi connectivity index (χ2n) is 6.13. The molecule has 28 heavy (non-hydrogen) atoms. The normalized spacial score (nSPS) is 16.2. The van der Waals surface area contributed by atoms with Crippen molar-refractivity contribution in [3.05, 3.63) is 41.7 Å². The Kier molecular flexibility index (Phi) is 7.18. The average molecular weight is 408 g/mol. The highest BCUT2D eigenvalue weighted by Gasteiger charge is 2.14. The van der Waals surface area contributed by atoms with Crippen molar-refractivity contribution < 1.29 is 22.4 Å². The van der Waals surface area contributed by atoms with Gasteiger partial charge in [0.15, 0.2) is 0 Å². The van der Waals surface area contributed by atoms with Gasteiger partial charge in [0, 0.05) is 18.2 Å². The van der Waals surface area contributed by atoms with E-state index < -0.39 is 10.1 Å². The van der Waals surface area contributed by atoms with Crippen LogP contribution in [0.2, 0.25) is 0 Å². The fraction of sp³-hybridized carbons (Fsp3) is 0.333. The molecule has 2 rings (SSSR count). The zero-order valence-electron chi connectivity index (χ0n) is 15.7. The van der Waals surface area contributed by atoms with Crippen LogP contribution in [0.15, 0.2) is 46.8 Å². The lowest BCUT2D eigenvalue weighted by Crippen LogP contribution is -2.09. The molecule has 5 N–H and O–H groups in total. The molecule has 0 bridgehead atoms. The Morgan fingerprint density at radius 1 is 1.39 bits per heavy atom. The molecule has 1 aromatic rings. The van der Waals surface area contributed by atoms with Crippen molar-refractivity contribution in [2.24, 2.45) is 5.10 Å². The van der Waals surface area contributed by atoms with E-state index in [4.69, 9.17) is 25.2 Å². The van der Waals surface area contributed by atoms with Gasteiger partial charge in [0.1, 0.15) is 11.5 Å². The molecule has 0 unspecified atom stereocenters. The monoisotopic (exact) mass is 408 g/mol. The van der Waals surface area contributed by atoms with Crippen molar-refractivity contribution in [3.8, 4) is 5.75 Å². The molecule has 1 aromatic carbocycles. The number of hydrogen-bond acceptors (Lipinski definition) is 8. The van der Waals surface area contributed by atoms with Crippen LogP contribution < -0.4 is 15.9 Å². The summed E-state index contributed by atoms with van der Waals surface area (Å²) in [5.41, 5.74) is 11.6. The molecule has 1 aliphatic carbocycles. The van der Waals surface area contributed by atoms with Gasteiger partial charge in [-0.05, 0) is 43.2 Å². The summed E-state index contributed by atoms with van der Waals surface area (Å²) in [7, 11) is -2.48. The van der Waals surface area contributed by atoms with E-state index in [1.165, 1.54) is 0 Å². The molecule has 9 nitrogen and oxygen atoms in total. The van der Waals surface area contributed by atoms with Gasteiger partial charge in [-0.2, -0.15) is 13.5 Å². The molecule has 0 spiro atoms. The minimum atomic E-state index is -4.02. The molecule has 0 atom stereocenters. The highest BCUT2D eigenvalue weighted by molar-refractivity contribution is 7.85. The third-order valence-electron chi connectivity index (χ3n) is 3.90. The number of anilines is 2. The van der Waals surface area contributed by atoms with Crippen LogP contribution >= 0.6 is 0 Å². The van der Waals surface area contributed by atoms with Crippen molar-refractivity contribution in [1.29, 1.82) is 5.41 Å². The molecule has 1 aliphatic rings. The molecule has 10 heteroatoms. The lowest BCUT2D eigenvalue weighted by molar-refractivity contribution is 0.230. The van der Waals surface area contributed by atoms with E-state index in [0.717, 1.165) is 5.57 Å². The number of nitrogens with two attached hydrogens (primary N) is 1. The van der Waals surface area contributed by atoms with E-state index in [2.05, 4.69) is 10.5 Å². The highest BCUT2D eigenvalue weighted by atomic mass is 32.2. The molecule has 0 amide bonds. The van der Waals surface area contributed by atoms with Gasteiger partial charge in [0.25, 0.3) is 10.1 Å². The second-order valence-corrected chi connectivity index (χ2v) is 7.70. The summed E-state index contributed by atoms with van der Waals surface area (Å²) in [4.78, 5) is 0. The molecule has 0 fully saturated rings. The van der Waals surface area contributed by atoms with Crippen LogP contribution in [0.4, 0.5) is 11.4 Å². The standard InChI is InChI=1S/C18H24N4O5S/c1-12-10-14(20)17(27-8-3-9-28(23,24)25)7-6-15(12)21-22-16-5-4-13(19)11-18(16)26-2/h4-5,7,10-11,20,22H,3,6,8-9,19H2,1-2H3,(H,23,24,25). The maximum Gasteiger partial charge on any atom is 0.264 e. The van der Waals surface area contributed by atoms with E-state index in [9.17, 15) is 8.42 Å². The Labute approximate surface area is 164 Å². The van der Waals surface area contributed by atoms with Gasteiger partial charge in [-0.1, -0.05) is 0 Å². The summed E-state index contributed by atoms with van der Waals surface area (Å²) < 4.78 is 41.0. The second kappa shape index (κ2) is 9.38. The number of methoxy groups -OCH3 is 1. The van der Waals surface area contributed by atoms with Crippen molar-refractivity contribution in [1.82, 2.24) is 0 Å². The van der Waals surface area contributed by atoms with Crippen molar-refractivity contribution in [2.45, 2.75) is 19.8 Å². The van der Waals surface area contributed by atoms with Crippen molar-refractivity contribution in [3.63, 3.8) is 0 Å². The van der Waals surface area contributed by atoms with Crippen molar-refractivity contribution in [2.75, 3.05) is 30.6 Å². The van der Waals surface area contributed by atoms with Crippen LogP contribution in [0, 0.1) is 5.41 Å². The zero-order chi connectivity index (χ0) is 20.7. The number of rotatable bonds is 8. The van der Waals surface area contributed by atoms with Gasteiger partial charge >= 0.3 is 0 Å². The lowest BCUT2D eigenvalue weighted by Gasteiger charge is -2.10. The molecular formula is C18H24N4O5S.